The first-order valence-electron chi connectivity index (χ1n) is 10.3. The van der Waals surface area contributed by atoms with Gasteiger partial charge in [0, 0.05) is 37.8 Å². The van der Waals surface area contributed by atoms with E-state index >= 15 is 0 Å². The maximum absolute atomic E-state index is 13.8. The van der Waals surface area contributed by atoms with E-state index in [1.54, 1.807) is 11.6 Å². The fourth-order valence-electron chi connectivity index (χ4n) is 4.03. The number of anilines is 2. The first-order valence-corrected chi connectivity index (χ1v) is 11.2. The number of benzene rings is 1. The van der Waals surface area contributed by atoms with Crippen LogP contribution in [0.15, 0.2) is 48.1 Å². The van der Waals surface area contributed by atoms with Gasteiger partial charge in [-0.25, -0.2) is 9.37 Å². The van der Waals surface area contributed by atoms with Gasteiger partial charge in [-0.1, -0.05) is 17.4 Å². The minimum atomic E-state index is -0.202. The van der Waals surface area contributed by atoms with Gasteiger partial charge in [0.25, 0.3) is 0 Å². The Morgan fingerprint density at radius 2 is 2.23 bits per heavy atom. The molecule has 7 nitrogen and oxygen atoms in total. The van der Waals surface area contributed by atoms with Crippen LogP contribution in [0.1, 0.15) is 24.3 Å². The molecule has 1 aliphatic heterocycles. The van der Waals surface area contributed by atoms with Crippen LogP contribution < -0.4 is 5.32 Å². The summed E-state index contributed by atoms with van der Waals surface area (Å²) in [5, 5.41) is 12.8. The van der Waals surface area contributed by atoms with Crippen molar-refractivity contribution in [1.82, 2.24) is 24.6 Å². The molecular weight excluding hydrogens is 415 g/mol. The average molecular weight is 439 g/mol. The number of aromatic nitrogens is 4. The minimum Gasteiger partial charge on any atom is -0.369 e. The van der Waals surface area contributed by atoms with Gasteiger partial charge in [-0.3, -0.25) is 4.90 Å². The van der Waals surface area contributed by atoms with E-state index in [1.807, 2.05) is 24.3 Å². The smallest absolute Gasteiger partial charge is 0.210 e. The molecule has 1 fully saturated rings. The zero-order valence-corrected chi connectivity index (χ0v) is 18.0. The van der Waals surface area contributed by atoms with E-state index in [9.17, 15) is 4.39 Å². The maximum Gasteiger partial charge on any atom is 0.210 e. The number of hydrogen-bond acceptors (Lipinski definition) is 7. The van der Waals surface area contributed by atoms with Gasteiger partial charge < -0.3 is 14.6 Å². The monoisotopic (exact) mass is 438 g/mol. The Morgan fingerprint density at radius 3 is 3.06 bits per heavy atom. The summed E-state index contributed by atoms with van der Waals surface area (Å²) >= 11 is 1.43. The number of fused-ring (bicyclic) bond motifs is 1. The molecule has 0 aliphatic carbocycles. The second-order valence-corrected chi connectivity index (χ2v) is 8.35. The predicted octanol–water partition coefficient (Wildman–Crippen LogP) is 4.36. The molecule has 1 aromatic carbocycles. The fraction of sp³-hybridized carbons (Fsp3) is 0.318. The number of rotatable bonds is 6. The topological polar surface area (TPSA) is 68.1 Å². The standard InChI is InChI=1S/C22H23FN6OS/c1-2-29-12-15(17-7-6-16(23)10-19(17)29)11-28-8-9-30-20(13-28)18-4-3-5-21(25-18)26-22-27-24-14-31-22/h3-7,10,12,14,20H,2,8-9,11,13H2,1H3,(H,25,26,27). The lowest BCUT2D eigenvalue weighted by Crippen LogP contribution is -2.38. The second-order valence-electron chi connectivity index (χ2n) is 7.51. The number of aryl methyl sites for hydroxylation is 1. The van der Waals surface area contributed by atoms with E-state index in [1.165, 1.54) is 23.0 Å². The molecule has 1 atom stereocenters. The fourth-order valence-corrected chi connectivity index (χ4v) is 4.48. The highest BCUT2D eigenvalue weighted by Gasteiger charge is 2.24. The molecule has 0 spiro atoms. The van der Waals surface area contributed by atoms with Crippen LogP contribution >= 0.6 is 11.3 Å². The zero-order chi connectivity index (χ0) is 21.2. The highest BCUT2D eigenvalue weighted by molar-refractivity contribution is 7.13. The van der Waals surface area contributed by atoms with Crippen molar-refractivity contribution >= 4 is 33.2 Å². The molecule has 31 heavy (non-hydrogen) atoms. The molecule has 1 unspecified atom stereocenters. The molecule has 1 saturated heterocycles. The van der Waals surface area contributed by atoms with Crippen LogP contribution in [0.5, 0.6) is 0 Å². The third-order valence-corrected chi connectivity index (χ3v) is 6.11. The Morgan fingerprint density at radius 1 is 1.29 bits per heavy atom. The number of morpholine rings is 1. The van der Waals surface area contributed by atoms with Gasteiger partial charge in [0.05, 0.1) is 17.8 Å². The molecule has 4 aromatic rings. The van der Waals surface area contributed by atoms with Crippen LogP contribution in [0.4, 0.5) is 15.3 Å². The van der Waals surface area contributed by atoms with Crippen molar-refractivity contribution in [3.63, 3.8) is 0 Å². The predicted molar refractivity (Wildman–Crippen MR) is 119 cm³/mol. The Labute approximate surface area is 183 Å². The van der Waals surface area contributed by atoms with E-state index in [0.717, 1.165) is 48.6 Å². The summed E-state index contributed by atoms with van der Waals surface area (Å²) in [6, 6.07) is 10.9. The van der Waals surface area contributed by atoms with Crippen LogP contribution in [0.3, 0.4) is 0 Å². The summed E-state index contributed by atoms with van der Waals surface area (Å²) in [4.78, 5) is 7.09. The highest BCUT2D eigenvalue weighted by atomic mass is 32.1. The molecule has 5 rings (SSSR count). The SMILES string of the molecule is CCn1cc(CN2CCOC(c3cccc(Nc4nncs4)n3)C2)c2ccc(F)cc21. The third-order valence-electron chi connectivity index (χ3n) is 5.51. The Balaban J connectivity index is 1.33. The summed E-state index contributed by atoms with van der Waals surface area (Å²) in [7, 11) is 0. The van der Waals surface area contributed by atoms with Gasteiger partial charge in [-0.15, -0.1) is 10.2 Å². The first-order chi connectivity index (χ1) is 15.2. The normalized spacial score (nSPS) is 17.3. The summed E-state index contributed by atoms with van der Waals surface area (Å²) < 4.78 is 21.9. The zero-order valence-electron chi connectivity index (χ0n) is 17.2. The summed E-state index contributed by atoms with van der Waals surface area (Å²) in [5.41, 5.74) is 4.71. The maximum atomic E-state index is 13.8. The van der Waals surface area contributed by atoms with Gasteiger partial charge in [-0.2, -0.15) is 0 Å². The van der Waals surface area contributed by atoms with Gasteiger partial charge in [0.15, 0.2) is 0 Å². The molecule has 4 heterocycles. The summed E-state index contributed by atoms with van der Waals surface area (Å²) in [6.07, 6.45) is 2.03. The van der Waals surface area contributed by atoms with Crippen LogP contribution in [0.25, 0.3) is 10.9 Å². The molecule has 1 N–H and O–H groups in total. The number of pyridine rings is 1. The molecule has 0 bridgehead atoms. The van der Waals surface area contributed by atoms with E-state index in [2.05, 4.69) is 38.1 Å². The van der Waals surface area contributed by atoms with Crippen molar-refractivity contribution in [2.24, 2.45) is 0 Å². The van der Waals surface area contributed by atoms with Gasteiger partial charge >= 0.3 is 0 Å². The van der Waals surface area contributed by atoms with E-state index < -0.39 is 0 Å². The Kier molecular flexibility index (Phi) is 5.63. The van der Waals surface area contributed by atoms with Crippen molar-refractivity contribution in [2.45, 2.75) is 26.1 Å². The lowest BCUT2D eigenvalue weighted by Gasteiger charge is -2.32. The molecule has 3 aromatic heterocycles. The third kappa shape index (κ3) is 4.30. The van der Waals surface area contributed by atoms with Crippen molar-refractivity contribution in [3.8, 4) is 0 Å². The molecule has 0 radical (unpaired) electrons. The van der Waals surface area contributed by atoms with E-state index in [0.29, 0.717) is 11.7 Å². The Hall–Kier alpha value is -2.88. The molecule has 0 saturated carbocycles. The van der Waals surface area contributed by atoms with Crippen LogP contribution in [0, 0.1) is 5.82 Å². The largest absolute Gasteiger partial charge is 0.369 e. The van der Waals surface area contributed by atoms with Crippen LogP contribution in [-0.2, 0) is 17.8 Å². The van der Waals surface area contributed by atoms with Gasteiger partial charge in [0.1, 0.15) is 23.2 Å². The number of halogens is 1. The molecule has 160 valence electrons. The Bertz CT molecular complexity index is 1180. The summed E-state index contributed by atoms with van der Waals surface area (Å²) in [5.74, 6) is 0.523. The van der Waals surface area contributed by atoms with Crippen LogP contribution in [0.2, 0.25) is 0 Å². The van der Waals surface area contributed by atoms with Crippen molar-refractivity contribution in [1.29, 1.82) is 0 Å². The van der Waals surface area contributed by atoms with E-state index in [-0.39, 0.29) is 11.9 Å². The molecule has 1 aliphatic rings. The van der Waals surface area contributed by atoms with Crippen molar-refractivity contribution in [3.05, 3.63) is 65.2 Å². The molecule has 0 amide bonds. The number of nitrogens with zero attached hydrogens (tertiary/aromatic N) is 5. The molecule has 9 heteroatoms. The lowest BCUT2D eigenvalue weighted by molar-refractivity contribution is -0.0348. The van der Waals surface area contributed by atoms with Gasteiger partial charge in [-0.05, 0) is 42.8 Å². The quantitative estimate of drug-likeness (QED) is 0.482. The minimum absolute atomic E-state index is 0.109. The first kappa shape index (κ1) is 20.0. The van der Waals surface area contributed by atoms with Crippen molar-refractivity contribution in [2.75, 3.05) is 25.0 Å². The second kappa shape index (κ2) is 8.70. The van der Waals surface area contributed by atoms with Crippen molar-refractivity contribution < 1.29 is 9.13 Å². The summed E-state index contributed by atoms with van der Waals surface area (Å²) in [6.45, 7) is 5.91. The number of ether oxygens (including phenoxy) is 1. The van der Waals surface area contributed by atoms with Gasteiger partial charge in [0.2, 0.25) is 5.13 Å². The molecular formula is C22H23FN6OS. The highest BCUT2D eigenvalue weighted by Crippen LogP contribution is 2.27. The number of nitrogens with one attached hydrogen (secondary N) is 1. The lowest BCUT2D eigenvalue weighted by atomic mass is 10.1. The van der Waals surface area contributed by atoms with Crippen LogP contribution in [-0.4, -0.2) is 44.3 Å². The number of hydrogen-bond donors (Lipinski definition) is 1. The van der Waals surface area contributed by atoms with E-state index in [4.69, 9.17) is 9.72 Å². The average Bonchev–Trinajstić information content (AvgIpc) is 3.42.